The Balaban J connectivity index is 1.35. The minimum Gasteiger partial charge on any atom is -0.384 e. The average Bonchev–Trinajstić information content (AvgIpc) is 2.96. The van der Waals surface area contributed by atoms with Crippen LogP contribution in [0.5, 0.6) is 0 Å². The lowest BCUT2D eigenvalue weighted by atomic mass is 9.97. The number of amides is 2. The van der Waals surface area contributed by atoms with Crippen molar-refractivity contribution < 1.29 is 9.59 Å². The van der Waals surface area contributed by atoms with Gasteiger partial charge in [0.2, 0.25) is 5.91 Å². The Hall–Kier alpha value is -4.71. The van der Waals surface area contributed by atoms with E-state index in [1.165, 1.54) is 0 Å². The predicted molar refractivity (Wildman–Crippen MR) is 152 cm³/mol. The summed E-state index contributed by atoms with van der Waals surface area (Å²) in [5.41, 5.74) is 11.3. The predicted octanol–water partition coefficient (Wildman–Crippen LogP) is 5.86. The number of benzene rings is 4. The Kier molecular flexibility index (Phi) is 7.31. The number of nitrogens with one attached hydrogen (secondary N) is 1. The zero-order valence-corrected chi connectivity index (χ0v) is 21.1. The van der Waals surface area contributed by atoms with Crippen LogP contribution in [0, 0.1) is 5.41 Å². The Bertz CT molecular complexity index is 1410. The summed E-state index contributed by atoms with van der Waals surface area (Å²) in [5.74, 6) is -0.00964. The van der Waals surface area contributed by atoms with Crippen molar-refractivity contribution in [1.29, 1.82) is 5.41 Å². The topological polar surface area (TPSA) is 90.5 Å². The van der Waals surface area contributed by atoms with Crippen molar-refractivity contribution in [3.8, 4) is 0 Å². The number of hydrogen-bond donors (Lipinski definition) is 2. The van der Waals surface area contributed by atoms with Gasteiger partial charge in [0.15, 0.2) is 0 Å². The van der Waals surface area contributed by atoms with Crippen LogP contribution in [-0.2, 0) is 17.6 Å². The van der Waals surface area contributed by atoms with Crippen LogP contribution in [0.1, 0.15) is 39.9 Å². The van der Waals surface area contributed by atoms with Gasteiger partial charge in [0.05, 0.1) is 0 Å². The summed E-state index contributed by atoms with van der Waals surface area (Å²) in [6.45, 7) is 0.669. The first-order chi connectivity index (χ1) is 18.5. The molecule has 0 atom stereocenters. The molecule has 190 valence electrons. The molecule has 0 spiro atoms. The van der Waals surface area contributed by atoms with E-state index in [1.54, 1.807) is 4.90 Å². The van der Waals surface area contributed by atoms with Crippen molar-refractivity contribution in [2.45, 2.75) is 25.7 Å². The normalized spacial score (nSPS) is 12.5. The van der Waals surface area contributed by atoms with Gasteiger partial charge in [0.25, 0.3) is 5.91 Å². The monoisotopic (exact) mass is 502 g/mol. The van der Waals surface area contributed by atoms with Crippen molar-refractivity contribution in [2.75, 3.05) is 16.3 Å². The van der Waals surface area contributed by atoms with Crippen LogP contribution >= 0.6 is 0 Å². The molecular formula is C32H30N4O2. The maximum atomic E-state index is 13.8. The average molecular weight is 503 g/mol. The second-order valence-electron chi connectivity index (χ2n) is 9.41. The summed E-state index contributed by atoms with van der Waals surface area (Å²) in [6, 6.07) is 32.4. The minimum atomic E-state index is -0.109. The van der Waals surface area contributed by atoms with Crippen LogP contribution in [0.3, 0.4) is 0 Å². The molecule has 0 bridgehead atoms. The number of amidine groups is 1. The highest BCUT2D eigenvalue weighted by Crippen LogP contribution is 2.32. The molecule has 0 saturated heterocycles. The SMILES string of the molecule is N=C(N)c1ccc(CCC(=O)N2CCCc3cc(C(=O)N(c4ccccc4)c4ccccc4)ccc32)cc1. The van der Waals surface area contributed by atoms with Gasteiger partial charge in [0.1, 0.15) is 5.84 Å². The largest absolute Gasteiger partial charge is 0.384 e. The zero-order chi connectivity index (χ0) is 26.5. The first-order valence-corrected chi connectivity index (χ1v) is 12.8. The number of hydrogen-bond acceptors (Lipinski definition) is 3. The third-order valence-corrected chi connectivity index (χ3v) is 6.87. The molecule has 1 heterocycles. The lowest BCUT2D eigenvalue weighted by molar-refractivity contribution is -0.118. The number of nitrogens with zero attached hydrogens (tertiary/aromatic N) is 2. The summed E-state index contributed by atoms with van der Waals surface area (Å²) in [6.07, 6.45) is 2.67. The Morgan fingerprint density at radius 2 is 1.42 bits per heavy atom. The number of aryl methyl sites for hydroxylation is 2. The molecule has 0 saturated carbocycles. The molecule has 4 aromatic carbocycles. The van der Waals surface area contributed by atoms with E-state index in [4.69, 9.17) is 11.1 Å². The van der Waals surface area contributed by atoms with Crippen LogP contribution in [0.25, 0.3) is 0 Å². The van der Waals surface area contributed by atoms with Crippen molar-refractivity contribution in [3.05, 3.63) is 125 Å². The lowest BCUT2D eigenvalue weighted by Gasteiger charge is -2.30. The zero-order valence-electron chi connectivity index (χ0n) is 21.1. The highest BCUT2D eigenvalue weighted by atomic mass is 16.2. The molecule has 0 fully saturated rings. The molecule has 2 amide bonds. The Labute approximate surface area is 222 Å². The maximum absolute atomic E-state index is 13.8. The fraction of sp³-hybridized carbons (Fsp3) is 0.156. The van der Waals surface area contributed by atoms with E-state index in [0.29, 0.717) is 30.5 Å². The number of para-hydroxylation sites is 2. The second kappa shape index (κ2) is 11.1. The van der Waals surface area contributed by atoms with E-state index in [9.17, 15) is 9.59 Å². The maximum Gasteiger partial charge on any atom is 0.262 e. The van der Waals surface area contributed by atoms with Gasteiger partial charge in [-0.3, -0.25) is 19.9 Å². The lowest BCUT2D eigenvalue weighted by Crippen LogP contribution is -2.36. The molecule has 38 heavy (non-hydrogen) atoms. The molecule has 1 aliphatic rings. The molecule has 1 aliphatic heterocycles. The fourth-order valence-electron chi connectivity index (χ4n) is 4.89. The van der Waals surface area contributed by atoms with Crippen LogP contribution in [0.4, 0.5) is 17.1 Å². The van der Waals surface area contributed by atoms with Gasteiger partial charge in [-0.15, -0.1) is 0 Å². The summed E-state index contributed by atoms with van der Waals surface area (Å²) in [4.78, 5) is 30.6. The number of carbonyl (C=O) groups excluding carboxylic acids is 2. The van der Waals surface area contributed by atoms with Crippen LogP contribution in [0.15, 0.2) is 103 Å². The number of nitrogens with two attached hydrogens (primary N) is 1. The number of fused-ring (bicyclic) bond motifs is 1. The molecule has 0 aromatic heterocycles. The minimum absolute atomic E-state index is 0.0334. The fourth-order valence-corrected chi connectivity index (χ4v) is 4.89. The summed E-state index contributed by atoms with van der Waals surface area (Å²) in [7, 11) is 0. The van der Waals surface area contributed by atoms with E-state index < -0.39 is 0 Å². The quantitative estimate of drug-likeness (QED) is 0.245. The molecular weight excluding hydrogens is 472 g/mol. The van der Waals surface area contributed by atoms with Gasteiger partial charge in [-0.1, -0.05) is 60.7 Å². The molecule has 6 heteroatoms. The first kappa shape index (κ1) is 25.0. The van der Waals surface area contributed by atoms with Gasteiger partial charge < -0.3 is 10.6 Å². The molecule has 3 N–H and O–H groups in total. The summed E-state index contributed by atoms with van der Waals surface area (Å²) in [5, 5.41) is 7.52. The van der Waals surface area contributed by atoms with Crippen LogP contribution < -0.4 is 15.5 Å². The van der Waals surface area contributed by atoms with Gasteiger partial charge in [0, 0.05) is 41.2 Å². The van der Waals surface area contributed by atoms with E-state index in [2.05, 4.69) is 0 Å². The molecule has 4 aromatic rings. The van der Waals surface area contributed by atoms with E-state index in [0.717, 1.165) is 41.0 Å². The van der Waals surface area contributed by atoms with Crippen molar-refractivity contribution >= 4 is 34.7 Å². The molecule has 0 aliphatic carbocycles. The second-order valence-corrected chi connectivity index (χ2v) is 9.41. The third-order valence-electron chi connectivity index (χ3n) is 6.87. The molecule has 6 nitrogen and oxygen atoms in total. The molecule has 0 radical (unpaired) electrons. The van der Waals surface area contributed by atoms with E-state index >= 15 is 0 Å². The molecule has 0 unspecified atom stereocenters. The third kappa shape index (κ3) is 5.34. The standard InChI is InChI=1S/C32H30N4O2/c33-31(34)24-16-13-23(14-17-24)15-20-30(37)35-21-7-8-25-22-26(18-19-29(25)35)32(38)36(27-9-3-1-4-10-27)28-11-5-2-6-12-28/h1-6,9-14,16-19,22H,7-8,15,20-21H2,(H3,33,34). The van der Waals surface area contributed by atoms with Gasteiger partial charge in [-0.2, -0.15) is 0 Å². The van der Waals surface area contributed by atoms with Gasteiger partial charge in [-0.05, 0) is 72.9 Å². The number of carbonyl (C=O) groups is 2. The Morgan fingerprint density at radius 1 is 0.816 bits per heavy atom. The van der Waals surface area contributed by atoms with E-state index in [-0.39, 0.29) is 17.6 Å². The van der Waals surface area contributed by atoms with Crippen molar-refractivity contribution in [2.24, 2.45) is 5.73 Å². The highest BCUT2D eigenvalue weighted by Gasteiger charge is 2.25. The van der Waals surface area contributed by atoms with Crippen molar-refractivity contribution in [1.82, 2.24) is 0 Å². The Morgan fingerprint density at radius 3 is 2.03 bits per heavy atom. The molecule has 5 rings (SSSR count). The smallest absolute Gasteiger partial charge is 0.262 e. The number of anilines is 3. The summed E-state index contributed by atoms with van der Waals surface area (Å²) >= 11 is 0. The first-order valence-electron chi connectivity index (χ1n) is 12.8. The summed E-state index contributed by atoms with van der Waals surface area (Å²) < 4.78 is 0. The van der Waals surface area contributed by atoms with Crippen LogP contribution in [-0.4, -0.2) is 24.2 Å². The van der Waals surface area contributed by atoms with Crippen molar-refractivity contribution in [3.63, 3.8) is 0 Å². The van der Waals surface area contributed by atoms with Gasteiger partial charge in [-0.25, -0.2) is 0 Å². The number of rotatable bonds is 7. The van der Waals surface area contributed by atoms with E-state index in [1.807, 2.05) is 108 Å². The van der Waals surface area contributed by atoms with Crippen LogP contribution in [0.2, 0.25) is 0 Å². The highest BCUT2D eigenvalue weighted by molar-refractivity contribution is 6.11. The number of nitrogen functional groups attached to an aromatic ring is 1. The van der Waals surface area contributed by atoms with Gasteiger partial charge >= 0.3 is 0 Å².